The quantitative estimate of drug-likeness (QED) is 0.261. The fraction of sp³-hybridized carbons (Fsp3) is 0.267. The molecule has 3 aromatic rings. The van der Waals surface area contributed by atoms with E-state index in [2.05, 4.69) is 25.7 Å². The first-order valence-corrected chi connectivity index (χ1v) is 12.2. The Bertz CT molecular complexity index is 1260. The van der Waals surface area contributed by atoms with Gasteiger partial charge in [-0.1, -0.05) is 55.5 Å². The summed E-state index contributed by atoms with van der Waals surface area (Å²) in [7, 11) is 0. The minimum Gasteiger partial charge on any atom is -0.507 e. The third kappa shape index (κ3) is 4.59. The number of ketones is 1. The molecule has 180 valence electrons. The van der Waals surface area contributed by atoms with Crippen LogP contribution in [-0.2, 0) is 16.0 Å². The number of benzene rings is 3. The van der Waals surface area contributed by atoms with Crippen molar-refractivity contribution in [2.24, 2.45) is 0 Å². The summed E-state index contributed by atoms with van der Waals surface area (Å²) < 4.78 is 0. The van der Waals surface area contributed by atoms with Gasteiger partial charge in [0.25, 0.3) is 11.7 Å². The Kier molecular flexibility index (Phi) is 7.06. The molecular formula is C30H32N2O3. The van der Waals surface area contributed by atoms with Gasteiger partial charge < -0.3 is 10.0 Å². The molecule has 1 amide bonds. The highest BCUT2D eigenvalue weighted by atomic mass is 16.3. The lowest BCUT2D eigenvalue weighted by molar-refractivity contribution is -0.132. The van der Waals surface area contributed by atoms with Crippen LogP contribution in [-0.4, -0.2) is 29.9 Å². The number of hydrogen-bond acceptors (Lipinski definition) is 4. The van der Waals surface area contributed by atoms with Crippen molar-refractivity contribution >= 4 is 28.8 Å². The minimum absolute atomic E-state index is 0.108. The summed E-state index contributed by atoms with van der Waals surface area (Å²) in [5.41, 5.74) is 5.21. The zero-order valence-electron chi connectivity index (χ0n) is 20.8. The van der Waals surface area contributed by atoms with E-state index in [9.17, 15) is 14.7 Å². The number of aliphatic hydroxyl groups is 1. The van der Waals surface area contributed by atoms with Crippen LogP contribution >= 0.6 is 0 Å². The predicted octanol–water partition coefficient (Wildman–Crippen LogP) is 6.03. The van der Waals surface area contributed by atoms with Crippen LogP contribution < -0.4 is 9.80 Å². The molecule has 5 nitrogen and oxygen atoms in total. The van der Waals surface area contributed by atoms with Crippen LogP contribution in [0.1, 0.15) is 49.1 Å². The van der Waals surface area contributed by atoms with Crippen LogP contribution in [0.2, 0.25) is 0 Å². The molecule has 35 heavy (non-hydrogen) atoms. The monoisotopic (exact) mass is 468 g/mol. The van der Waals surface area contributed by atoms with Gasteiger partial charge in [0.1, 0.15) is 5.76 Å². The van der Waals surface area contributed by atoms with Gasteiger partial charge in [0.05, 0.1) is 11.6 Å². The molecular weight excluding hydrogens is 436 g/mol. The average Bonchev–Trinajstić information content (AvgIpc) is 3.15. The van der Waals surface area contributed by atoms with Crippen LogP contribution in [0, 0.1) is 6.92 Å². The van der Waals surface area contributed by atoms with Crippen molar-refractivity contribution in [2.75, 3.05) is 22.9 Å². The Balaban J connectivity index is 1.88. The van der Waals surface area contributed by atoms with Crippen molar-refractivity contribution < 1.29 is 14.7 Å². The normalized spacial score (nSPS) is 17.1. The molecule has 0 spiro atoms. The van der Waals surface area contributed by atoms with Crippen molar-refractivity contribution in [3.8, 4) is 0 Å². The second-order valence-electron chi connectivity index (χ2n) is 8.82. The molecule has 0 aliphatic carbocycles. The number of hydrogen-bond donors (Lipinski definition) is 1. The number of anilines is 2. The molecule has 0 saturated carbocycles. The topological polar surface area (TPSA) is 60.9 Å². The SMILES string of the molecule is CCc1ccc(/C(O)=C2\C(=O)C(=O)N(c3cccc(C)c3)C2c2ccc(N(CC)CC)cc2)cc1. The first kappa shape index (κ1) is 24.3. The number of rotatable bonds is 7. The summed E-state index contributed by atoms with van der Waals surface area (Å²) in [5.74, 6) is -1.47. The molecule has 4 rings (SSSR count). The van der Waals surface area contributed by atoms with E-state index in [0.717, 1.165) is 41.9 Å². The lowest BCUT2D eigenvalue weighted by atomic mass is 9.94. The number of nitrogens with zero attached hydrogens (tertiary/aromatic N) is 2. The lowest BCUT2D eigenvalue weighted by Crippen LogP contribution is -2.29. The summed E-state index contributed by atoms with van der Waals surface area (Å²) in [6.45, 7) is 9.98. The number of aliphatic hydroxyl groups excluding tert-OH is 1. The summed E-state index contributed by atoms with van der Waals surface area (Å²) in [4.78, 5) is 30.4. The number of amides is 1. The Hall–Kier alpha value is -3.86. The second kappa shape index (κ2) is 10.2. The predicted molar refractivity (Wildman–Crippen MR) is 142 cm³/mol. The van der Waals surface area contributed by atoms with Gasteiger partial charge >= 0.3 is 0 Å². The maximum Gasteiger partial charge on any atom is 0.300 e. The van der Waals surface area contributed by atoms with E-state index in [-0.39, 0.29) is 11.3 Å². The van der Waals surface area contributed by atoms with Crippen molar-refractivity contribution in [2.45, 2.75) is 40.2 Å². The maximum atomic E-state index is 13.3. The molecule has 3 aromatic carbocycles. The van der Waals surface area contributed by atoms with Crippen molar-refractivity contribution in [1.82, 2.24) is 0 Å². The van der Waals surface area contributed by atoms with Crippen molar-refractivity contribution in [1.29, 1.82) is 0 Å². The van der Waals surface area contributed by atoms with E-state index in [1.807, 2.05) is 67.6 Å². The van der Waals surface area contributed by atoms with Crippen molar-refractivity contribution in [3.05, 3.63) is 101 Å². The maximum absolute atomic E-state index is 13.3. The molecule has 0 radical (unpaired) electrons. The minimum atomic E-state index is -0.728. The van der Waals surface area contributed by atoms with E-state index >= 15 is 0 Å². The van der Waals surface area contributed by atoms with E-state index in [1.165, 1.54) is 4.90 Å². The molecule has 1 fully saturated rings. The van der Waals surface area contributed by atoms with Gasteiger partial charge in [-0.2, -0.15) is 0 Å². The third-order valence-electron chi connectivity index (χ3n) is 6.70. The Labute approximate surface area is 207 Å². The van der Waals surface area contributed by atoms with E-state index in [4.69, 9.17) is 0 Å². The van der Waals surface area contributed by atoms with Gasteiger partial charge in [0.15, 0.2) is 0 Å². The van der Waals surface area contributed by atoms with E-state index < -0.39 is 17.7 Å². The molecule has 5 heteroatoms. The Morgan fingerprint density at radius 2 is 1.57 bits per heavy atom. The van der Waals surface area contributed by atoms with Crippen LogP contribution in [0.3, 0.4) is 0 Å². The highest BCUT2D eigenvalue weighted by molar-refractivity contribution is 6.51. The first-order chi connectivity index (χ1) is 16.9. The van der Waals surface area contributed by atoms with Gasteiger partial charge in [0.2, 0.25) is 0 Å². The first-order valence-electron chi connectivity index (χ1n) is 12.2. The molecule has 1 unspecified atom stereocenters. The van der Waals surface area contributed by atoms with Crippen LogP contribution in [0.15, 0.2) is 78.4 Å². The second-order valence-corrected chi connectivity index (χ2v) is 8.82. The molecule has 1 heterocycles. The van der Waals surface area contributed by atoms with Gasteiger partial charge in [-0.15, -0.1) is 0 Å². The molecule has 1 N–H and O–H groups in total. The average molecular weight is 469 g/mol. The number of aryl methyl sites for hydroxylation is 2. The van der Waals surface area contributed by atoms with E-state index in [0.29, 0.717) is 11.3 Å². The fourth-order valence-corrected chi connectivity index (χ4v) is 4.70. The summed E-state index contributed by atoms with van der Waals surface area (Å²) >= 11 is 0. The highest BCUT2D eigenvalue weighted by Crippen LogP contribution is 2.42. The molecule has 1 aliphatic heterocycles. The Morgan fingerprint density at radius 3 is 2.14 bits per heavy atom. The zero-order chi connectivity index (χ0) is 25.1. The summed E-state index contributed by atoms with van der Waals surface area (Å²) in [6, 6.07) is 22.2. The number of Topliss-reactive ketones (excluding diaryl/α,β-unsaturated/α-hetero) is 1. The smallest absolute Gasteiger partial charge is 0.300 e. The third-order valence-corrected chi connectivity index (χ3v) is 6.70. The van der Waals surface area contributed by atoms with E-state index in [1.54, 1.807) is 12.1 Å². The summed E-state index contributed by atoms with van der Waals surface area (Å²) in [5, 5.41) is 11.3. The molecule has 1 saturated heterocycles. The molecule has 1 atom stereocenters. The molecule has 0 aromatic heterocycles. The van der Waals surface area contributed by atoms with Gasteiger partial charge in [-0.25, -0.2) is 0 Å². The molecule has 0 bridgehead atoms. The zero-order valence-corrected chi connectivity index (χ0v) is 20.8. The van der Waals surface area contributed by atoms with Crippen molar-refractivity contribution in [3.63, 3.8) is 0 Å². The number of carbonyl (C=O) groups excluding carboxylic acids is 2. The fourth-order valence-electron chi connectivity index (χ4n) is 4.70. The lowest BCUT2D eigenvalue weighted by Gasteiger charge is -2.27. The largest absolute Gasteiger partial charge is 0.507 e. The van der Waals surface area contributed by atoms with Gasteiger partial charge in [-0.3, -0.25) is 14.5 Å². The summed E-state index contributed by atoms with van der Waals surface area (Å²) in [6.07, 6.45) is 0.873. The number of carbonyl (C=O) groups is 2. The van der Waals surface area contributed by atoms with Crippen LogP contribution in [0.5, 0.6) is 0 Å². The van der Waals surface area contributed by atoms with Gasteiger partial charge in [0, 0.05) is 30.0 Å². The molecule has 1 aliphatic rings. The Morgan fingerprint density at radius 1 is 0.914 bits per heavy atom. The standard InChI is InChI=1S/C30H32N2O3/c1-5-21-11-13-23(14-12-21)28(33)26-27(22-15-17-24(18-16-22)31(6-2)7-3)32(30(35)29(26)34)25-10-8-9-20(4)19-25/h8-19,27,33H,5-7H2,1-4H3/b28-26+. The van der Waals surface area contributed by atoms with Gasteiger partial charge in [-0.05, 0) is 68.1 Å². The van der Waals surface area contributed by atoms with Crippen LogP contribution in [0.4, 0.5) is 11.4 Å². The van der Waals surface area contributed by atoms with Crippen LogP contribution in [0.25, 0.3) is 5.76 Å². The highest BCUT2D eigenvalue weighted by Gasteiger charge is 2.47.